The van der Waals surface area contributed by atoms with Crippen molar-refractivity contribution in [3.05, 3.63) is 27.2 Å². The zero-order valence-electron chi connectivity index (χ0n) is 10.6. The van der Waals surface area contributed by atoms with Gasteiger partial charge >= 0.3 is 0 Å². The highest BCUT2D eigenvalue weighted by atomic mass is 79.9. The lowest BCUT2D eigenvalue weighted by molar-refractivity contribution is 0.0652. The number of rotatable bonds is 3. The molecule has 1 amide bonds. The van der Waals surface area contributed by atoms with Crippen LogP contribution in [0.4, 0.5) is 0 Å². The van der Waals surface area contributed by atoms with Crippen molar-refractivity contribution in [2.24, 2.45) is 0 Å². The highest BCUT2D eigenvalue weighted by Gasteiger charge is 2.28. The van der Waals surface area contributed by atoms with Crippen molar-refractivity contribution >= 4 is 53.2 Å². The highest BCUT2D eigenvalue weighted by Crippen LogP contribution is 2.33. The molecule has 1 aromatic rings. The fraction of sp³-hybridized carbons (Fsp3) is 0.417. The molecule has 1 saturated carbocycles. The van der Waals surface area contributed by atoms with E-state index in [9.17, 15) is 13.2 Å². The van der Waals surface area contributed by atoms with E-state index in [1.165, 1.54) is 12.1 Å². The van der Waals surface area contributed by atoms with Gasteiger partial charge in [-0.25, -0.2) is 8.42 Å². The van der Waals surface area contributed by atoms with Crippen LogP contribution in [0.1, 0.15) is 29.6 Å². The summed E-state index contributed by atoms with van der Waals surface area (Å²) < 4.78 is 23.2. The van der Waals surface area contributed by atoms with Crippen molar-refractivity contribution in [3.63, 3.8) is 0 Å². The summed E-state index contributed by atoms with van der Waals surface area (Å²) in [5, 5.41) is 0.192. The minimum Gasteiger partial charge on any atom is -0.339 e. The van der Waals surface area contributed by atoms with Crippen LogP contribution in [0.5, 0.6) is 0 Å². The number of halogens is 3. The van der Waals surface area contributed by atoms with Gasteiger partial charge < -0.3 is 4.90 Å². The zero-order chi connectivity index (χ0) is 15.1. The van der Waals surface area contributed by atoms with Crippen LogP contribution in [-0.4, -0.2) is 32.3 Å². The van der Waals surface area contributed by atoms with Crippen molar-refractivity contribution in [3.8, 4) is 0 Å². The molecule has 0 N–H and O–H groups in total. The van der Waals surface area contributed by atoms with Gasteiger partial charge in [-0.1, -0.05) is 11.6 Å². The molecule has 0 atom stereocenters. The van der Waals surface area contributed by atoms with Crippen LogP contribution in [0, 0.1) is 0 Å². The molecular formula is C12H12BrCl2NO3S. The third-order valence-corrected chi connectivity index (χ3v) is 6.05. The molecule has 110 valence electrons. The predicted octanol–water partition coefficient (Wildman–Crippen LogP) is 3.65. The standard InChI is InChI=1S/C12H12BrCl2NO3S/c1-16(7-3-2-4-7)12(17)8-5-11(20(15,18)19)9(13)6-10(8)14/h5-7H,2-4H2,1H3. The number of amides is 1. The van der Waals surface area contributed by atoms with Gasteiger partial charge in [-0.3, -0.25) is 4.79 Å². The van der Waals surface area contributed by atoms with E-state index < -0.39 is 9.05 Å². The molecule has 1 fully saturated rings. The van der Waals surface area contributed by atoms with E-state index in [-0.39, 0.29) is 31.9 Å². The molecule has 0 bridgehead atoms. The Morgan fingerprint density at radius 1 is 1.40 bits per heavy atom. The molecule has 8 heteroatoms. The van der Waals surface area contributed by atoms with Crippen LogP contribution >= 0.6 is 38.2 Å². The first kappa shape index (κ1) is 16.1. The largest absolute Gasteiger partial charge is 0.339 e. The molecule has 0 saturated heterocycles. The fourth-order valence-electron chi connectivity index (χ4n) is 2.01. The Balaban J connectivity index is 2.43. The second kappa shape index (κ2) is 5.83. The molecule has 2 rings (SSSR count). The Labute approximate surface area is 135 Å². The van der Waals surface area contributed by atoms with Crippen LogP contribution in [0.2, 0.25) is 5.02 Å². The molecule has 1 aliphatic carbocycles. The minimum absolute atomic E-state index is 0.142. The maximum Gasteiger partial charge on any atom is 0.262 e. The van der Waals surface area contributed by atoms with E-state index in [4.69, 9.17) is 22.3 Å². The number of hydrogen-bond acceptors (Lipinski definition) is 3. The van der Waals surface area contributed by atoms with Crippen LogP contribution in [-0.2, 0) is 9.05 Å². The molecule has 4 nitrogen and oxygen atoms in total. The predicted molar refractivity (Wildman–Crippen MR) is 81.9 cm³/mol. The van der Waals surface area contributed by atoms with Gasteiger partial charge in [0, 0.05) is 28.2 Å². The van der Waals surface area contributed by atoms with Gasteiger partial charge in [-0.05, 0) is 47.3 Å². The summed E-state index contributed by atoms with van der Waals surface area (Å²) in [4.78, 5) is 13.8. The third-order valence-electron chi connectivity index (χ3n) is 3.46. The summed E-state index contributed by atoms with van der Waals surface area (Å²) in [5.41, 5.74) is 0.142. The van der Waals surface area contributed by atoms with Crippen molar-refractivity contribution < 1.29 is 13.2 Å². The topological polar surface area (TPSA) is 54.5 Å². The van der Waals surface area contributed by atoms with Gasteiger partial charge in [0.25, 0.3) is 15.0 Å². The Bertz CT molecular complexity index is 659. The Morgan fingerprint density at radius 2 is 2.00 bits per heavy atom. The fourth-order valence-corrected chi connectivity index (χ4v) is 4.58. The molecule has 1 aromatic carbocycles. The van der Waals surface area contributed by atoms with E-state index in [0.717, 1.165) is 19.3 Å². The minimum atomic E-state index is -3.95. The van der Waals surface area contributed by atoms with Crippen LogP contribution in [0.25, 0.3) is 0 Å². The van der Waals surface area contributed by atoms with Crippen molar-refractivity contribution in [2.45, 2.75) is 30.2 Å². The quantitative estimate of drug-likeness (QED) is 0.727. The smallest absolute Gasteiger partial charge is 0.262 e. The third kappa shape index (κ3) is 3.13. The van der Waals surface area contributed by atoms with E-state index in [1.807, 2.05) is 0 Å². The Hall–Kier alpha value is -0.300. The highest BCUT2D eigenvalue weighted by molar-refractivity contribution is 9.10. The monoisotopic (exact) mass is 399 g/mol. The number of benzene rings is 1. The Morgan fingerprint density at radius 3 is 2.45 bits per heavy atom. The average molecular weight is 401 g/mol. The summed E-state index contributed by atoms with van der Waals surface area (Å²) in [7, 11) is 3.09. The second-order valence-corrected chi connectivity index (χ2v) is 8.50. The zero-order valence-corrected chi connectivity index (χ0v) is 14.5. The van der Waals surface area contributed by atoms with Gasteiger partial charge in [0.1, 0.15) is 0 Å². The average Bonchev–Trinajstić information content (AvgIpc) is 2.23. The van der Waals surface area contributed by atoms with Crippen molar-refractivity contribution in [1.29, 1.82) is 0 Å². The molecule has 1 aliphatic rings. The lowest BCUT2D eigenvalue weighted by Gasteiger charge is -2.35. The van der Waals surface area contributed by atoms with Gasteiger partial charge in [-0.15, -0.1) is 0 Å². The molecule has 20 heavy (non-hydrogen) atoms. The van der Waals surface area contributed by atoms with Gasteiger partial charge in [0.15, 0.2) is 0 Å². The van der Waals surface area contributed by atoms with Gasteiger partial charge in [0.05, 0.1) is 15.5 Å². The lowest BCUT2D eigenvalue weighted by atomic mass is 9.91. The van der Waals surface area contributed by atoms with E-state index in [1.54, 1.807) is 11.9 Å². The molecule has 0 aliphatic heterocycles. The Kier molecular flexibility index (Phi) is 4.69. The molecule has 0 aromatic heterocycles. The van der Waals surface area contributed by atoms with Crippen LogP contribution in [0.3, 0.4) is 0 Å². The summed E-state index contributed by atoms with van der Waals surface area (Å²) in [6.45, 7) is 0. The molecule has 0 unspecified atom stereocenters. The SMILES string of the molecule is CN(C(=O)c1cc(S(=O)(=O)Cl)c(Br)cc1Cl)C1CCC1. The maximum atomic E-state index is 12.4. The molecule has 0 radical (unpaired) electrons. The molecule has 0 heterocycles. The van der Waals surface area contributed by atoms with Crippen LogP contribution in [0.15, 0.2) is 21.5 Å². The number of hydrogen-bond donors (Lipinski definition) is 0. The number of nitrogens with zero attached hydrogens (tertiary/aromatic N) is 1. The summed E-state index contributed by atoms with van der Waals surface area (Å²) in [6, 6.07) is 2.78. The first-order chi connectivity index (χ1) is 9.21. The first-order valence-electron chi connectivity index (χ1n) is 5.92. The van der Waals surface area contributed by atoms with Gasteiger partial charge in [-0.2, -0.15) is 0 Å². The second-order valence-electron chi connectivity index (χ2n) is 4.70. The molecular weight excluding hydrogens is 389 g/mol. The molecule has 0 spiro atoms. The normalized spacial score (nSPS) is 15.8. The van der Waals surface area contributed by atoms with Gasteiger partial charge in [0.2, 0.25) is 0 Å². The number of carbonyl (C=O) groups is 1. The maximum absolute atomic E-state index is 12.4. The summed E-state index contributed by atoms with van der Waals surface area (Å²) in [5.74, 6) is -0.297. The van der Waals surface area contributed by atoms with E-state index in [0.29, 0.717) is 0 Å². The van der Waals surface area contributed by atoms with E-state index in [2.05, 4.69) is 15.9 Å². The van der Waals surface area contributed by atoms with Crippen LogP contribution < -0.4 is 0 Å². The summed E-state index contributed by atoms with van der Waals surface area (Å²) >= 11 is 9.13. The number of carbonyl (C=O) groups excluding carboxylic acids is 1. The van der Waals surface area contributed by atoms with E-state index >= 15 is 0 Å². The lowest BCUT2D eigenvalue weighted by Crippen LogP contribution is -2.41. The van der Waals surface area contributed by atoms with Crippen molar-refractivity contribution in [1.82, 2.24) is 4.90 Å². The summed E-state index contributed by atoms with van der Waals surface area (Å²) in [6.07, 6.45) is 3.01. The first-order valence-corrected chi connectivity index (χ1v) is 9.40. The van der Waals surface area contributed by atoms with Crippen molar-refractivity contribution in [2.75, 3.05) is 7.05 Å².